The fraction of sp³-hybridized carbons (Fsp3) is 0.261. The maximum atomic E-state index is 13.6. The zero-order valence-electron chi connectivity index (χ0n) is 16.9. The topological polar surface area (TPSA) is 87.6 Å². The average molecular weight is 418 g/mol. The van der Waals surface area contributed by atoms with Crippen molar-refractivity contribution in [2.75, 3.05) is 25.0 Å². The molecule has 1 aliphatic heterocycles. The van der Waals surface area contributed by atoms with Crippen molar-refractivity contribution in [2.24, 2.45) is 5.92 Å². The van der Waals surface area contributed by atoms with Gasteiger partial charge in [0.1, 0.15) is 11.3 Å². The maximum Gasteiger partial charge on any atom is 0.328 e. The van der Waals surface area contributed by atoms with Crippen LogP contribution in [0.3, 0.4) is 0 Å². The summed E-state index contributed by atoms with van der Waals surface area (Å²) in [7, 11) is 0. The second-order valence-electron chi connectivity index (χ2n) is 7.90. The van der Waals surface area contributed by atoms with E-state index in [1.807, 2.05) is 30.3 Å². The third-order valence-corrected chi connectivity index (χ3v) is 5.65. The highest BCUT2D eigenvalue weighted by atomic mass is 19.1. The van der Waals surface area contributed by atoms with Gasteiger partial charge >= 0.3 is 5.69 Å². The van der Waals surface area contributed by atoms with Gasteiger partial charge in [-0.2, -0.15) is 4.98 Å². The van der Waals surface area contributed by atoms with Gasteiger partial charge in [-0.05, 0) is 60.3 Å². The van der Waals surface area contributed by atoms with E-state index in [9.17, 15) is 9.18 Å². The number of fused-ring (bicyclic) bond motifs is 1. The number of anilines is 1. The SMILES string of the molecule is O=c1[nH]c2cnc(NCC3CCNC3)nc2n1Cc1cccc(-c2cccc(F)c2)c1. The molecule has 5 rings (SSSR count). The van der Waals surface area contributed by atoms with Gasteiger partial charge < -0.3 is 15.6 Å². The fourth-order valence-electron chi connectivity index (χ4n) is 4.00. The van der Waals surface area contributed by atoms with E-state index < -0.39 is 0 Å². The number of imidazole rings is 1. The van der Waals surface area contributed by atoms with Crippen LogP contribution in [-0.4, -0.2) is 39.2 Å². The van der Waals surface area contributed by atoms with Crippen LogP contribution >= 0.6 is 0 Å². The highest BCUT2D eigenvalue weighted by molar-refractivity contribution is 5.71. The van der Waals surface area contributed by atoms with Crippen LogP contribution in [0.15, 0.2) is 59.5 Å². The number of benzene rings is 2. The Balaban J connectivity index is 1.42. The molecule has 31 heavy (non-hydrogen) atoms. The van der Waals surface area contributed by atoms with Crippen molar-refractivity contribution in [3.8, 4) is 11.1 Å². The summed E-state index contributed by atoms with van der Waals surface area (Å²) in [6.45, 7) is 3.18. The van der Waals surface area contributed by atoms with E-state index >= 15 is 0 Å². The van der Waals surface area contributed by atoms with E-state index in [-0.39, 0.29) is 11.5 Å². The molecule has 0 saturated carbocycles. The van der Waals surface area contributed by atoms with E-state index in [4.69, 9.17) is 0 Å². The number of hydrogen-bond donors (Lipinski definition) is 3. The maximum absolute atomic E-state index is 13.6. The summed E-state index contributed by atoms with van der Waals surface area (Å²) >= 11 is 0. The summed E-state index contributed by atoms with van der Waals surface area (Å²) in [5.41, 5.74) is 3.53. The van der Waals surface area contributed by atoms with Gasteiger partial charge in [0.15, 0.2) is 5.65 Å². The summed E-state index contributed by atoms with van der Waals surface area (Å²) in [4.78, 5) is 24.3. The summed E-state index contributed by atoms with van der Waals surface area (Å²) in [5, 5.41) is 6.63. The Bertz CT molecular complexity index is 1270. The van der Waals surface area contributed by atoms with E-state index in [0.717, 1.165) is 42.7 Å². The van der Waals surface area contributed by atoms with Gasteiger partial charge in [-0.1, -0.05) is 30.3 Å². The van der Waals surface area contributed by atoms with Gasteiger partial charge in [0.2, 0.25) is 5.95 Å². The van der Waals surface area contributed by atoms with E-state index in [1.54, 1.807) is 16.8 Å². The molecule has 0 radical (unpaired) electrons. The normalized spacial score (nSPS) is 16.1. The van der Waals surface area contributed by atoms with E-state index in [1.165, 1.54) is 12.1 Å². The molecule has 1 aliphatic rings. The molecule has 0 aliphatic carbocycles. The zero-order chi connectivity index (χ0) is 21.2. The molecule has 4 aromatic rings. The summed E-state index contributed by atoms with van der Waals surface area (Å²) in [6.07, 6.45) is 2.77. The first-order valence-electron chi connectivity index (χ1n) is 10.4. The minimum absolute atomic E-state index is 0.238. The number of hydrogen-bond acceptors (Lipinski definition) is 5. The second kappa shape index (κ2) is 8.31. The lowest BCUT2D eigenvalue weighted by atomic mass is 10.0. The number of rotatable bonds is 6. The molecule has 1 atom stereocenters. The number of aromatic nitrogens is 4. The van der Waals surface area contributed by atoms with Gasteiger partial charge in [-0.15, -0.1) is 0 Å². The quantitative estimate of drug-likeness (QED) is 0.448. The molecular weight excluding hydrogens is 395 g/mol. The molecule has 1 fully saturated rings. The van der Waals surface area contributed by atoms with Gasteiger partial charge in [-0.25, -0.2) is 14.2 Å². The molecule has 7 nitrogen and oxygen atoms in total. The zero-order valence-corrected chi connectivity index (χ0v) is 16.9. The molecule has 0 bridgehead atoms. The van der Waals surface area contributed by atoms with Crippen LogP contribution in [0.2, 0.25) is 0 Å². The molecule has 0 spiro atoms. The molecule has 3 N–H and O–H groups in total. The molecule has 158 valence electrons. The van der Waals surface area contributed by atoms with Crippen LogP contribution < -0.4 is 16.3 Å². The molecule has 1 saturated heterocycles. The highest BCUT2D eigenvalue weighted by Gasteiger charge is 2.15. The van der Waals surface area contributed by atoms with Gasteiger partial charge in [-0.3, -0.25) is 4.57 Å². The van der Waals surface area contributed by atoms with E-state index in [0.29, 0.717) is 29.6 Å². The van der Waals surface area contributed by atoms with Crippen molar-refractivity contribution < 1.29 is 4.39 Å². The standard InChI is InChI=1S/C23H23FN6O/c24-19-6-2-5-18(10-19)17-4-1-3-15(9-17)14-30-21-20(28-23(30)31)13-27-22(29-21)26-12-16-7-8-25-11-16/h1-6,9-10,13,16,25H,7-8,11-12,14H2,(H,28,31)(H,26,27,29). The minimum Gasteiger partial charge on any atom is -0.354 e. The van der Waals surface area contributed by atoms with Crippen LogP contribution in [0.4, 0.5) is 10.3 Å². The summed E-state index contributed by atoms with van der Waals surface area (Å²) < 4.78 is 15.2. The van der Waals surface area contributed by atoms with Gasteiger partial charge in [0.25, 0.3) is 0 Å². The molecule has 0 amide bonds. The highest BCUT2D eigenvalue weighted by Crippen LogP contribution is 2.22. The Morgan fingerprint density at radius 2 is 2.00 bits per heavy atom. The first kappa shape index (κ1) is 19.4. The number of nitrogens with one attached hydrogen (secondary N) is 3. The van der Waals surface area contributed by atoms with Crippen molar-refractivity contribution >= 4 is 17.1 Å². The van der Waals surface area contributed by atoms with Crippen molar-refractivity contribution in [3.63, 3.8) is 0 Å². The number of H-pyrrole nitrogens is 1. The third kappa shape index (κ3) is 4.20. The van der Waals surface area contributed by atoms with Crippen LogP contribution in [0.1, 0.15) is 12.0 Å². The van der Waals surface area contributed by atoms with Crippen LogP contribution in [0.5, 0.6) is 0 Å². The van der Waals surface area contributed by atoms with Gasteiger partial charge in [0, 0.05) is 6.54 Å². The van der Waals surface area contributed by atoms with Crippen molar-refractivity contribution in [3.05, 3.63) is 76.6 Å². The number of nitrogens with zero attached hydrogens (tertiary/aromatic N) is 3. The number of halogens is 1. The van der Waals surface area contributed by atoms with E-state index in [2.05, 4.69) is 25.6 Å². The lowest BCUT2D eigenvalue weighted by Crippen LogP contribution is -2.19. The molecular formula is C23H23FN6O. The Morgan fingerprint density at radius 1 is 1.16 bits per heavy atom. The van der Waals surface area contributed by atoms with Gasteiger partial charge in [0.05, 0.1) is 12.7 Å². The molecule has 2 aromatic heterocycles. The third-order valence-electron chi connectivity index (χ3n) is 5.65. The van der Waals surface area contributed by atoms with Crippen molar-refractivity contribution in [2.45, 2.75) is 13.0 Å². The van der Waals surface area contributed by atoms with Crippen LogP contribution in [-0.2, 0) is 6.54 Å². The van der Waals surface area contributed by atoms with Crippen molar-refractivity contribution in [1.29, 1.82) is 0 Å². The predicted molar refractivity (Wildman–Crippen MR) is 119 cm³/mol. The number of aromatic amines is 1. The smallest absolute Gasteiger partial charge is 0.328 e. The Hall–Kier alpha value is -3.52. The summed E-state index contributed by atoms with van der Waals surface area (Å²) in [6, 6.07) is 14.2. The Kier molecular flexibility index (Phi) is 5.21. The molecule has 3 heterocycles. The monoisotopic (exact) mass is 418 g/mol. The second-order valence-corrected chi connectivity index (χ2v) is 7.90. The lowest BCUT2D eigenvalue weighted by Gasteiger charge is -2.10. The Morgan fingerprint density at radius 3 is 2.81 bits per heavy atom. The Labute approximate surface area is 178 Å². The first-order valence-corrected chi connectivity index (χ1v) is 10.4. The van der Waals surface area contributed by atoms with Crippen LogP contribution in [0, 0.1) is 11.7 Å². The van der Waals surface area contributed by atoms with Crippen LogP contribution in [0.25, 0.3) is 22.3 Å². The lowest BCUT2D eigenvalue weighted by molar-refractivity contribution is 0.613. The average Bonchev–Trinajstić information content (AvgIpc) is 3.41. The molecule has 1 unspecified atom stereocenters. The largest absolute Gasteiger partial charge is 0.354 e. The summed E-state index contributed by atoms with van der Waals surface area (Å²) in [5.74, 6) is 0.791. The van der Waals surface area contributed by atoms with Crippen molar-refractivity contribution in [1.82, 2.24) is 24.8 Å². The molecule has 2 aromatic carbocycles. The minimum atomic E-state index is -0.277. The first-order chi connectivity index (χ1) is 15.2. The molecule has 8 heteroatoms. The predicted octanol–water partition coefficient (Wildman–Crippen LogP) is 3.00. The fourth-order valence-corrected chi connectivity index (χ4v) is 4.00.